The van der Waals surface area contributed by atoms with E-state index in [0.29, 0.717) is 32.5 Å². The third-order valence-electron chi connectivity index (χ3n) is 3.85. The van der Waals surface area contributed by atoms with Gasteiger partial charge in [0.05, 0.1) is 13.4 Å². The van der Waals surface area contributed by atoms with Gasteiger partial charge in [0.2, 0.25) is 10.0 Å². The molecule has 7 nitrogen and oxygen atoms in total. The maximum atomic E-state index is 11.9. The topological polar surface area (TPSA) is 87.7 Å². The van der Waals surface area contributed by atoms with Crippen molar-refractivity contribution in [1.29, 1.82) is 0 Å². The summed E-state index contributed by atoms with van der Waals surface area (Å²) in [6.45, 7) is 1.30. The van der Waals surface area contributed by atoms with Gasteiger partial charge in [0.15, 0.2) is 0 Å². The van der Waals surface area contributed by atoms with Crippen molar-refractivity contribution in [3.63, 3.8) is 0 Å². The highest BCUT2D eigenvalue weighted by Gasteiger charge is 2.25. The van der Waals surface area contributed by atoms with Crippen molar-refractivity contribution in [1.82, 2.24) is 14.9 Å². The number of hydrogen-bond acceptors (Lipinski definition) is 4. The van der Waals surface area contributed by atoms with E-state index >= 15 is 0 Å². The normalized spacial score (nSPS) is 16.8. The van der Waals surface area contributed by atoms with Crippen molar-refractivity contribution in [3.8, 4) is 5.75 Å². The molecule has 1 aliphatic rings. The van der Waals surface area contributed by atoms with E-state index in [1.165, 1.54) is 10.6 Å². The van der Waals surface area contributed by atoms with Crippen molar-refractivity contribution < 1.29 is 17.9 Å². The average Bonchev–Trinajstić information content (AvgIpc) is 2.53. The zero-order chi connectivity index (χ0) is 16.9. The van der Waals surface area contributed by atoms with Crippen molar-refractivity contribution in [3.05, 3.63) is 29.8 Å². The van der Waals surface area contributed by atoms with Gasteiger partial charge >= 0.3 is 6.03 Å². The fraction of sp³-hybridized carbons (Fsp3) is 0.533. The van der Waals surface area contributed by atoms with Crippen LogP contribution in [0.2, 0.25) is 0 Å². The molecule has 1 aliphatic heterocycles. The number of piperidine rings is 1. The summed E-state index contributed by atoms with van der Waals surface area (Å²) in [4.78, 5) is 11.9. The third kappa shape index (κ3) is 5.40. The summed E-state index contributed by atoms with van der Waals surface area (Å²) in [7, 11) is -1.54. The summed E-state index contributed by atoms with van der Waals surface area (Å²) in [6, 6.07) is 7.25. The lowest BCUT2D eigenvalue weighted by atomic mass is 10.1. The van der Waals surface area contributed by atoms with Crippen LogP contribution in [0.3, 0.4) is 0 Å². The fourth-order valence-corrected chi connectivity index (χ4v) is 3.41. The molecule has 2 N–H and O–H groups in total. The highest BCUT2D eigenvalue weighted by molar-refractivity contribution is 7.88. The maximum absolute atomic E-state index is 11.9. The molecule has 0 bridgehead atoms. The molecule has 0 aromatic heterocycles. The number of rotatable bonds is 5. The molecule has 128 valence electrons. The highest BCUT2D eigenvalue weighted by atomic mass is 32.2. The van der Waals surface area contributed by atoms with Crippen LogP contribution in [0.5, 0.6) is 5.75 Å². The number of amides is 2. The van der Waals surface area contributed by atoms with E-state index in [4.69, 9.17) is 4.74 Å². The van der Waals surface area contributed by atoms with E-state index in [1.54, 1.807) is 7.11 Å². The fourth-order valence-electron chi connectivity index (χ4n) is 2.53. The quantitative estimate of drug-likeness (QED) is 0.834. The van der Waals surface area contributed by atoms with Gasteiger partial charge in [-0.15, -0.1) is 0 Å². The molecule has 0 saturated carbocycles. The Bertz CT molecular complexity index is 640. The first-order chi connectivity index (χ1) is 10.9. The number of ether oxygens (including phenoxy) is 1. The molecule has 23 heavy (non-hydrogen) atoms. The van der Waals surface area contributed by atoms with Gasteiger partial charge in [-0.05, 0) is 30.5 Å². The number of nitrogens with one attached hydrogen (secondary N) is 2. The zero-order valence-corrected chi connectivity index (χ0v) is 14.2. The van der Waals surface area contributed by atoms with Crippen molar-refractivity contribution in [2.24, 2.45) is 0 Å². The smallest absolute Gasteiger partial charge is 0.315 e. The van der Waals surface area contributed by atoms with Crippen LogP contribution in [-0.4, -0.2) is 51.3 Å². The van der Waals surface area contributed by atoms with Crippen molar-refractivity contribution in [2.75, 3.05) is 26.5 Å². The number of benzene rings is 1. The van der Waals surface area contributed by atoms with E-state index in [1.807, 2.05) is 24.3 Å². The average molecular weight is 341 g/mol. The number of methoxy groups -OCH3 is 1. The van der Waals surface area contributed by atoms with Gasteiger partial charge in [-0.1, -0.05) is 12.1 Å². The number of urea groups is 1. The molecule has 1 heterocycles. The number of carbonyl (C=O) groups excluding carboxylic acids is 1. The van der Waals surface area contributed by atoms with Crippen LogP contribution in [0, 0.1) is 0 Å². The Morgan fingerprint density at radius 1 is 1.35 bits per heavy atom. The van der Waals surface area contributed by atoms with E-state index < -0.39 is 10.0 Å². The molecule has 0 atom stereocenters. The van der Waals surface area contributed by atoms with Gasteiger partial charge in [-0.2, -0.15) is 0 Å². The second kappa shape index (κ2) is 7.65. The zero-order valence-electron chi connectivity index (χ0n) is 13.4. The molecule has 2 rings (SSSR count). The largest absolute Gasteiger partial charge is 0.497 e. The summed E-state index contributed by atoms with van der Waals surface area (Å²) in [5.41, 5.74) is 0.950. The van der Waals surface area contributed by atoms with Crippen LogP contribution in [-0.2, 0) is 16.6 Å². The first-order valence-corrected chi connectivity index (χ1v) is 9.36. The molecule has 0 spiro atoms. The third-order valence-corrected chi connectivity index (χ3v) is 5.15. The molecule has 1 aromatic carbocycles. The molecular formula is C15H23N3O4S. The minimum Gasteiger partial charge on any atom is -0.497 e. The standard InChI is InChI=1S/C15H23N3O4S/c1-22-14-5-3-4-12(10-14)11-16-15(19)17-13-6-8-18(9-7-13)23(2,20)21/h3-5,10,13H,6-9,11H2,1-2H3,(H2,16,17,19). The van der Waals surface area contributed by atoms with Crippen LogP contribution in [0.4, 0.5) is 4.79 Å². The molecule has 0 unspecified atom stereocenters. The van der Waals surface area contributed by atoms with Crippen molar-refractivity contribution in [2.45, 2.75) is 25.4 Å². The van der Waals surface area contributed by atoms with E-state index in [2.05, 4.69) is 10.6 Å². The molecule has 2 amide bonds. The van der Waals surface area contributed by atoms with Gasteiger partial charge in [0, 0.05) is 25.7 Å². The Labute approximate surface area is 137 Å². The molecule has 8 heteroatoms. The first kappa shape index (κ1) is 17.6. The molecule has 0 radical (unpaired) electrons. The number of sulfonamides is 1. The number of hydrogen-bond donors (Lipinski definition) is 2. The van der Waals surface area contributed by atoms with Crippen molar-refractivity contribution >= 4 is 16.1 Å². The minimum absolute atomic E-state index is 0.00157. The number of carbonyl (C=O) groups is 1. The maximum Gasteiger partial charge on any atom is 0.315 e. The summed E-state index contributed by atoms with van der Waals surface area (Å²) < 4.78 is 29.5. The van der Waals surface area contributed by atoms with Gasteiger partial charge in [-0.25, -0.2) is 17.5 Å². The molecule has 0 aliphatic carbocycles. The SMILES string of the molecule is COc1cccc(CNC(=O)NC2CCN(S(C)(=O)=O)CC2)c1. The van der Waals surface area contributed by atoms with Gasteiger partial charge in [0.25, 0.3) is 0 Å². The molecule has 1 aromatic rings. The van der Waals surface area contributed by atoms with Crippen LogP contribution in [0.15, 0.2) is 24.3 Å². The van der Waals surface area contributed by atoms with Crippen LogP contribution >= 0.6 is 0 Å². The lowest BCUT2D eigenvalue weighted by molar-refractivity contribution is 0.227. The van der Waals surface area contributed by atoms with Gasteiger partial charge in [0.1, 0.15) is 5.75 Å². The molecular weight excluding hydrogens is 318 g/mol. The Balaban J connectivity index is 1.75. The van der Waals surface area contributed by atoms with E-state index in [-0.39, 0.29) is 12.1 Å². The monoisotopic (exact) mass is 341 g/mol. The van der Waals surface area contributed by atoms with Crippen LogP contribution < -0.4 is 15.4 Å². The van der Waals surface area contributed by atoms with Gasteiger partial charge < -0.3 is 15.4 Å². The summed E-state index contributed by atoms with van der Waals surface area (Å²) in [5, 5.41) is 5.69. The summed E-state index contributed by atoms with van der Waals surface area (Å²) in [5.74, 6) is 0.748. The summed E-state index contributed by atoms with van der Waals surface area (Å²) >= 11 is 0. The van der Waals surface area contributed by atoms with Crippen LogP contribution in [0.1, 0.15) is 18.4 Å². The molecule has 1 fully saturated rings. The molecule has 1 saturated heterocycles. The Morgan fingerprint density at radius 2 is 2.04 bits per heavy atom. The first-order valence-electron chi connectivity index (χ1n) is 7.51. The minimum atomic E-state index is -3.14. The Morgan fingerprint density at radius 3 is 2.65 bits per heavy atom. The Kier molecular flexibility index (Phi) is 5.84. The lowest BCUT2D eigenvalue weighted by Crippen LogP contribution is -2.48. The second-order valence-corrected chi connectivity index (χ2v) is 7.60. The van der Waals surface area contributed by atoms with Gasteiger partial charge in [-0.3, -0.25) is 0 Å². The second-order valence-electron chi connectivity index (χ2n) is 5.61. The summed E-state index contributed by atoms with van der Waals surface area (Å²) in [6.07, 6.45) is 2.46. The lowest BCUT2D eigenvalue weighted by Gasteiger charge is -2.30. The predicted molar refractivity (Wildman–Crippen MR) is 87.8 cm³/mol. The predicted octanol–water partition coefficient (Wildman–Crippen LogP) is 0.918. The van der Waals surface area contributed by atoms with E-state index in [0.717, 1.165) is 11.3 Å². The van der Waals surface area contributed by atoms with E-state index in [9.17, 15) is 13.2 Å². The number of nitrogens with zero attached hydrogens (tertiary/aromatic N) is 1. The van der Waals surface area contributed by atoms with Crippen LogP contribution in [0.25, 0.3) is 0 Å². The Hall–Kier alpha value is -1.80. The highest BCUT2D eigenvalue weighted by Crippen LogP contribution is 2.14.